The number of nitrogens with two attached hydrogens (primary N) is 1. The summed E-state index contributed by atoms with van der Waals surface area (Å²) in [7, 11) is 0. The van der Waals surface area contributed by atoms with Crippen LogP contribution in [0.4, 0.5) is 0 Å². The van der Waals surface area contributed by atoms with Gasteiger partial charge in [0.15, 0.2) is 0 Å². The predicted molar refractivity (Wildman–Crippen MR) is 72.4 cm³/mol. The molecule has 0 aromatic heterocycles. The number of benzene rings is 2. The van der Waals surface area contributed by atoms with Crippen LogP contribution in [0.25, 0.3) is 0 Å². The van der Waals surface area contributed by atoms with Gasteiger partial charge in [-0.2, -0.15) is 0 Å². The maximum atomic E-state index is 11.8. The van der Waals surface area contributed by atoms with E-state index in [1.54, 1.807) is 24.3 Å². The SMILES string of the molecule is NCc1ccc(OC(=O)c2cccc(O)c2)cc1Cl. The zero-order valence-electron chi connectivity index (χ0n) is 9.97. The third-order valence-corrected chi connectivity index (χ3v) is 2.89. The molecule has 0 aliphatic rings. The zero-order chi connectivity index (χ0) is 13.8. The van der Waals surface area contributed by atoms with E-state index in [-0.39, 0.29) is 11.3 Å². The summed E-state index contributed by atoms with van der Waals surface area (Å²) in [5.74, 6) is -0.228. The summed E-state index contributed by atoms with van der Waals surface area (Å²) in [5, 5.41) is 9.75. The Hall–Kier alpha value is -2.04. The number of ether oxygens (including phenoxy) is 1. The fourth-order valence-electron chi connectivity index (χ4n) is 1.56. The fourth-order valence-corrected chi connectivity index (χ4v) is 1.80. The van der Waals surface area contributed by atoms with Gasteiger partial charge in [0, 0.05) is 11.6 Å². The van der Waals surface area contributed by atoms with Crippen LogP contribution in [0.2, 0.25) is 5.02 Å². The van der Waals surface area contributed by atoms with Gasteiger partial charge in [-0.3, -0.25) is 0 Å². The molecule has 0 atom stereocenters. The third-order valence-electron chi connectivity index (χ3n) is 2.54. The van der Waals surface area contributed by atoms with Gasteiger partial charge in [0.05, 0.1) is 5.56 Å². The van der Waals surface area contributed by atoms with E-state index in [9.17, 15) is 9.90 Å². The molecule has 2 aromatic rings. The number of hydrogen-bond acceptors (Lipinski definition) is 4. The van der Waals surface area contributed by atoms with Crippen LogP contribution in [0.15, 0.2) is 42.5 Å². The molecule has 0 unspecified atom stereocenters. The minimum absolute atomic E-state index is 0.00552. The van der Waals surface area contributed by atoms with Gasteiger partial charge in [0.1, 0.15) is 11.5 Å². The van der Waals surface area contributed by atoms with Crippen molar-refractivity contribution in [3.05, 3.63) is 58.6 Å². The first kappa shape index (κ1) is 13.4. The minimum atomic E-state index is -0.563. The van der Waals surface area contributed by atoms with E-state index in [2.05, 4.69) is 0 Å². The van der Waals surface area contributed by atoms with Gasteiger partial charge >= 0.3 is 5.97 Å². The van der Waals surface area contributed by atoms with Crippen LogP contribution in [-0.4, -0.2) is 11.1 Å². The lowest BCUT2D eigenvalue weighted by molar-refractivity contribution is 0.0734. The quantitative estimate of drug-likeness (QED) is 0.668. The Balaban J connectivity index is 2.17. The van der Waals surface area contributed by atoms with E-state index in [0.717, 1.165) is 5.56 Å². The number of carbonyl (C=O) groups is 1. The summed E-state index contributed by atoms with van der Waals surface area (Å²) in [5.41, 5.74) is 6.53. The van der Waals surface area contributed by atoms with Crippen LogP contribution in [0, 0.1) is 0 Å². The molecule has 3 N–H and O–H groups in total. The first-order valence-electron chi connectivity index (χ1n) is 5.60. The van der Waals surface area contributed by atoms with E-state index in [0.29, 0.717) is 17.3 Å². The average Bonchev–Trinajstić information content (AvgIpc) is 2.39. The normalized spacial score (nSPS) is 10.2. The van der Waals surface area contributed by atoms with Crippen molar-refractivity contribution in [3.63, 3.8) is 0 Å². The Bertz CT molecular complexity index is 613. The highest BCUT2D eigenvalue weighted by molar-refractivity contribution is 6.31. The Labute approximate surface area is 115 Å². The highest BCUT2D eigenvalue weighted by Crippen LogP contribution is 2.23. The van der Waals surface area contributed by atoms with Crippen LogP contribution in [0.1, 0.15) is 15.9 Å². The Morgan fingerprint density at radius 2 is 2.05 bits per heavy atom. The van der Waals surface area contributed by atoms with Crippen molar-refractivity contribution in [2.45, 2.75) is 6.54 Å². The molecule has 5 heteroatoms. The summed E-state index contributed by atoms with van der Waals surface area (Å²) >= 11 is 5.97. The van der Waals surface area contributed by atoms with Gasteiger partial charge < -0.3 is 15.6 Å². The molecule has 0 aliphatic carbocycles. The summed E-state index contributed by atoms with van der Waals surface area (Å²) in [6, 6.07) is 10.8. The Kier molecular flexibility index (Phi) is 4.04. The number of hydrogen-bond donors (Lipinski definition) is 2. The van der Waals surface area contributed by atoms with Crippen LogP contribution in [0.5, 0.6) is 11.5 Å². The highest BCUT2D eigenvalue weighted by Gasteiger charge is 2.10. The van der Waals surface area contributed by atoms with Crippen molar-refractivity contribution < 1.29 is 14.6 Å². The summed E-state index contributed by atoms with van der Waals surface area (Å²) in [4.78, 5) is 11.8. The summed E-state index contributed by atoms with van der Waals surface area (Å²) in [6.45, 7) is 0.319. The summed E-state index contributed by atoms with van der Waals surface area (Å²) < 4.78 is 5.16. The number of esters is 1. The van der Waals surface area contributed by atoms with E-state index in [4.69, 9.17) is 22.1 Å². The van der Waals surface area contributed by atoms with Gasteiger partial charge in [0.25, 0.3) is 0 Å². The van der Waals surface area contributed by atoms with E-state index >= 15 is 0 Å². The molecule has 0 saturated heterocycles. The predicted octanol–water partition coefficient (Wildman–Crippen LogP) is 2.72. The number of phenols is 1. The molecule has 4 nitrogen and oxygen atoms in total. The maximum absolute atomic E-state index is 11.8. The molecule has 0 saturated carbocycles. The lowest BCUT2D eigenvalue weighted by Gasteiger charge is -2.07. The Morgan fingerprint density at radius 1 is 1.26 bits per heavy atom. The number of phenolic OH excluding ortho intramolecular Hbond substituents is 1. The second-order valence-electron chi connectivity index (χ2n) is 3.90. The molecule has 2 aromatic carbocycles. The first-order chi connectivity index (χ1) is 9.10. The van der Waals surface area contributed by atoms with Gasteiger partial charge in [-0.05, 0) is 35.9 Å². The molecule has 0 fully saturated rings. The molecule has 19 heavy (non-hydrogen) atoms. The van der Waals surface area contributed by atoms with Crippen LogP contribution < -0.4 is 10.5 Å². The van der Waals surface area contributed by atoms with Crippen molar-refractivity contribution >= 4 is 17.6 Å². The maximum Gasteiger partial charge on any atom is 0.343 e. The smallest absolute Gasteiger partial charge is 0.343 e. The average molecular weight is 278 g/mol. The molecular weight excluding hydrogens is 266 g/mol. The van der Waals surface area contributed by atoms with E-state index < -0.39 is 5.97 Å². The van der Waals surface area contributed by atoms with Crippen molar-refractivity contribution in [1.82, 2.24) is 0 Å². The van der Waals surface area contributed by atoms with Gasteiger partial charge in [-0.15, -0.1) is 0 Å². The number of carbonyl (C=O) groups excluding carboxylic acids is 1. The number of halogens is 1. The monoisotopic (exact) mass is 277 g/mol. The molecule has 0 spiro atoms. The largest absolute Gasteiger partial charge is 0.508 e. The van der Waals surface area contributed by atoms with Crippen LogP contribution in [-0.2, 0) is 6.54 Å². The summed E-state index contributed by atoms with van der Waals surface area (Å²) in [6.07, 6.45) is 0. The number of aromatic hydroxyl groups is 1. The van der Waals surface area contributed by atoms with Crippen LogP contribution >= 0.6 is 11.6 Å². The molecular formula is C14H12ClNO3. The van der Waals surface area contributed by atoms with Gasteiger partial charge in [-0.1, -0.05) is 23.7 Å². The fraction of sp³-hybridized carbons (Fsp3) is 0.0714. The zero-order valence-corrected chi connectivity index (χ0v) is 10.7. The minimum Gasteiger partial charge on any atom is -0.508 e. The second kappa shape index (κ2) is 5.73. The van der Waals surface area contributed by atoms with Crippen molar-refractivity contribution in [2.75, 3.05) is 0 Å². The first-order valence-corrected chi connectivity index (χ1v) is 5.97. The molecule has 2 rings (SSSR count). The lowest BCUT2D eigenvalue weighted by Crippen LogP contribution is -2.08. The lowest BCUT2D eigenvalue weighted by atomic mass is 10.2. The van der Waals surface area contributed by atoms with Crippen molar-refractivity contribution in [1.29, 1.82) is 0 Å². The van der Waals surface area contributed by atoms with E-state index in [1.165, 1.54) is 18.2 Å². The molecule has 0 bridgehead atoms. The van der Waals surface area contributed by atoms with Crippen molar-refractivity contribution in [3.8, 4) is 11.5 Å². The molecule has 0 radical (unpaired) electrons. The van der Waals surface area contributed by atoms with Gasteiger partial charge in [-0.25, -0.2) is 4.79 Å². The second-order valence-corrected chi connectivity index (χ2v) is 4.30. The van der Waals surface area contributed by atoms with Crippen LogP contribution in [0.3, 0.4) is 0 Å². The molecule has 0 aliphatic heterocycles. The molecule has 0 amide bonds. The van der Waals surface area contributed by atoms with E-state index in [1.807, 2.05) is 0 Å². The number of rotatable bonds is 3. The molecule has 0 heterocycles. The van der Waals surface area contributed by atoms with Gasteiger partial charge in [0.2, 0.25) is 0 Å². The topological polar surface area (TPSA) is 72.5 Å². The van der Waals surface area contributed by atoms with Crippen molar-refractivity contribution in [2.24, 2.45) is 5.73 Å². The highest BCUT2D eigenvalue weighted by atomic mass is 35.5. The Morgan fingerprint density at radius 3 is 2.68 bits per heavy atom. The third kappa shape index (κ3) is 3.24. The molecule has 98 valence electrons. The standard InChI is InChI=1S/C14H12ClNO3/c15-13-7-12(5-4-10(13)8-16)19-14(18)9-2-1-3-11(17)6-9/h1-7,17H,8,16H2.